The highest BCUT2D eigenvalue weighted by atomic mass is 16.7. The predicted molar refractivity (Wildman–Crippen MR) is 122 cm³/mol. The van der Waals surface area contributed by atoms with Crippen LogP contribution in [0.5, 0.6) is 11.5 Å². The monoisotopic (exact) mass is 471 g/mol. The molecule has 1 fully saturated rings. The van der Waals surface area contributed by atoms with Gasteiger partial charge in [-0.25, -0.2) is 0 Å². The molecule has 0 saturated carbocycles. The van der Waals surface area contributed by atoms with Gasteiger partial charge in [0.1, 0.15) is 46.8 Å². The largest absolute Gasteiger partial charge is 0.496 e. The summed E-state index contributed by atoms with van der Waals surface area (Å²) in [5.74, 6) is 1.26. The van der Waals surface area contributed by atoms with Crippen LogP contribution in [0, 0.1) is 6.92 Å². The lowest BCUT2D eigenvalue weighted by Crippen LogP contribution is -2.60. The molecule has 2 aliphatic heterocycles. The number of aliphatic hydroxyl groups is 4. The van der Waals surface area contributed by atoms with E-state index in [9.17, 15) is 20.4 Å². The smallest absolute Gasteiger partial charge is 0.250 e. The average molecular weight is 472 g/mol. The molecule has 3 heterocycles. The van der Waals surface area contributed by atoms with Gasteiger partial charge < -0.3 is 34.6 Å². The molecule has 4 N–H and O–H groups in total. The predicted octanol–water partition coefficient (Wildman–Crippen LogP) is 0.885. The quantitative estimate of drug-likeness (QED) is 0.408. The minimum atomic E-state index is -1.48. The zero-order valence-corrected chi connectivity index (χ0v) is 19.3. The molecule has 0 bridgehead atoms. The first-order valence-corrected chi connectivity index (χ1v) is 11.6. The van der Waals surface area contributed by atoms with Gasteiger partial charge in [-0.1, -0.05) is 0 Å². The molecule has 9 heteroatoms. The fraction of sp³-hybridized carbons (Fsp3) is 0.480. The molecular formula is C25H31N2O7+. The zero-order valence-electron chi connectivity index (χ0n) is 19.3. The maximum atomic E-state index is 10.3. The number of fused-ring (bicyclic) bond motifs is 3. The van der Waals surface area contributed by atoms with Crippen molar-refractivity contribution in [3.8, 4) is 22.8 Å². The first-order valence-electron chi connectivity index (χ1n) is 11.6. The Labute approximate surface area is 197 Å². The van der Waals surface area contributed by atoms with Gasteiger partial charge in [-0.2, -0.15) is 4.68 Å². The van der Waals surface area contributed by atoms with Crippen LogP contribution in [0.25, 0.3) is 22.2 Å². The highest BCUT2D eigenvalue weighted by Crippen LogP contribution is 2.37. The van der Waals surface area contributed by atoms with Gasteiger partial charge in [0.05, 0.1) is 20.3 Å². The third-order valence-electron chi connectivity index (χ3n) is 6.73. The molecule has 182 valence electrons. The van der Waals surface area contributed by atoms with Crippen molar-refractivity contribution >= 4 is 10.9 Å². The summed E-state index contributed by atoms with van der Waals surface area (Å²) < 4.78 is 21.6. The molecule has 3 aromatic rings. The van der Waals surface area contributed by atoms with Gasteiger partial charge in [0.2, 0.25) is 12.0 Å². The van der Waals surface area contributed by atoms with E-state index in [4.69, 9.17) is 14.2 Å². The Bertz CT molecular complexity index is 1170. The Balaban J connectivity index is 1.49. The molecule has 0 spiro atoms. The molecule has 0 unspecified atom stereocenters. The van der Waals surface area contributed by atoms with Crippen molar-refractivity contribution in [2.75, 3.05) is 13.7 Å². The summed E-state index contributed by atoms with van der Waals surface area (Å²) in [5, 5.41) is 40.7. The number of aliphatic hydroxyl groups excluding tert-OH is 4. The first-order chi connectivity index (χ1) is 16.4. The van der Waals surface area contributed by atoms with Crippen molar-refractivity contribution in [1.82, 2.24) is 4.68 Å². The fourth-order valence-corrected chi connectivity index (χ4v) is 5.00. The molecule has 0 radical (unpaired) electrons. The van der Waals surface area contributed by atoms with Crippen LogP contribution >= 0.6 is 0 Å². The van der Waals surface area contributed by atoms with Gasteiger partial charge in [0.15, 0.2) is 6.54 Å². The van der Waals surface area contributed by atoms with Crippen LogP contribution in [-0.2, 0) is 17.8 Å². The van der Waals surface area contributed by atoms with Crippen molar-refractivity contribution < 1.29 is 39.3 Å². The van der Waals surface area contributed by atoms with Crippen molar-refractivity contribution in [2.24, 2.45) is 0 Å². The van der Waals surface area contributed by atoms with Crippen molar-refractivity contribution in [2.45, 2.75) is 63.6 Å². The Hall–Kier alpha value is -2.69. The zero-order chi connectivity index (χ0) is 24.0. The Morgan fingerprint density at radius 1 is 1.06 bits per heavy atom. The van der Waals surface area contributed by atoms with Crippen LogP contribution in [-0.4, -0.2) is 69.5 Å². The Morgan fingerprint density at radius 2 is 1.82 bits per heavy atom. The molecule has 5 rings (SSSR count). The number of hydrogen-bond acceptors (Lipinski definition) is 7. The van der Waals surface area contributed by atoms with Gasteiger partial charge in [-0.15, -0.1) is 4.68 Å². The number of nitrogens with zero attached hydrogens (tertiary/aromatic N) is 2. The summed E-state index contributed by atoms with van der Waals surface area (Å²) in [7, 11) is 1.69. The summed E-state index contributed by atoms with van der Waals surface area (Å²) in [5.41, 5.74) is 4.36. The highest BCUT2D eigenvalue weighted by Gasteiger charge is 2.44. The topological polar surface area (TPSA) is 117 Å². The molecule has 5 atom stereocenters. The lowest BCUT2D eigenvalue weighted by atomic mass is 9.99. The normalized spacial score (nSPS) is 26.9. The standard InChI is InChI=1S/C25H31N2O7/c1-14-11-17-20(18(12-14)32-2)21(27-10-4-3-9-26(17)27)15-5-7-16(8-6-15)33-25-24(31)23(30)22(29)19(13-28)34-25/h5-8,11-12,19,22-25,28-31H,3-4,9-10,13H2,1-2H3/q+1/t19-,22-,23+,24-,25-/m1/s1. The SMILES string of the molecule is COc1cc(C)cc2c1c(-c1ccc(O[C@@H]3O[C@H](CO)[C@@H](O)[C@H](O)[C@H]3O)cc1)[n+]1n2CCCC1. The van der Waals surface area contributed by atoms with Gasteiger partial charge in [0.25, 0.3) is 0 Å². The van der Waals surface area contributed by atoms with E-state index in [0.717, 1.165) is 59.4 Å². The second-order valence-corrected chi connectivity index (χ2v) is 9.00. The molecule has 2 aliphatic rings. The van der Waals surface area contributed by atoms with E-state index >= 15 is 0 Å². The number of rotatable bonds is 5. The molecule has 0 amide bonds. The molecule has 1 saturated heterocycles. The van der Waals surface area contributed by atoms with Gasteiger partial charge in [-0.3, -0.25) is 0 Å². The third kappa shape index (κ3) is 3.83. The van der Waals surface area contributed by atoms with E-state index in [1.165, 1.54) is 0 Å². The van der Waals surface area contributed by atoms with Crippen LogP contribution in [0.15, 0.2) is 36.4 Å². The molecule has 2 aromatic carbocycles. The molecular weight excluding hydrogens is 440 g/mol. The number of methoxy groups -OCH3 is 1. The van der Waals surface area contributed by atoms with E-state index in [1.807, 2.05) is 12.1 Å². The summed E-state index contributed by atoms with van der Waals surface area (Å²) in [4.78, 5) is 0. The minimum absolute atomic E-state index is 0.429. The van der Waals surface area contributed by atoms with Gasteiger partial charge in [0, 0.05) is 12.0 Å². The molecule has 9 nitrogen and oxygen atoms in total. The van der Waals surface area contributed by atoms with Crippen LogP contribution in [0.2, 0.25) is 0 Å². The van der Waals surface area contributed by atoms with Gasteiger partial charge in [-0.05, 0) is 55.3 Å². The van der Waals surface area contributed by atoms with E-state index in [1.54, 1.807) is 19.2 Å². The number of hydrogen-bond donors (Lipinski definition) is 4. The summed E-state index contributed by atoms with van der Waals surface area (Å²) in [6.45, 7) is 3.42. The second kappa shape index (κ2) is 9.16. The average Bonchev–Trinajstić information content (AvgIpc) is 3.18. The Morgan fingerprint density at radius 3 is 2.53 bits per heavy atom. The second-order valence-electron chi connectivity index (χ2n) is 9.00. The van der Waals surface area contributed by atoms with Gasteiger partial charge >= 0.3 is 0 Å². The van der Waals surface area contributed by atoms with E-state index < -0.39 is 37.3 Å². The highest BCUT2D eigenvalue weighted by molar-refractivity contribution is 5.97. The lowest BCUT2D eigenvalue weighted by molar-refractivity contribution is -0.770. The summed E-state index contributed by atoms with van der Waals surface area (Å²) in [6.07, 6.45) is -4.37. The number of aromatic nitrogens is 2. The van der Waals surface area contributed by atoms with Crippen LogP contribution < -0.4 is 14.2 Å². The fourth-order valence-electron chi connectivity index (χ4n) is 5.00. The van der Waals surface area contributed by atoms with Crippen LogP contribution in [0.3, 0.4) is 0 Å². The number of ether oxygens (including phenoxy) is 3. The first kappa shape index (κ1) is 23.1. The number of aryl methyl sites for hydroxylation is 2. The summed E-state index contributed by atoms with van der Waals surface area (Å²) >= 11 is 0. The van der Waals surface area contributed by atoms with Crippen molar-refractivity contribution in [3.05, 3.63) is 42.0 Å². The van der Waals surface area contributed by atoms with E-state index in [-0.39, 0.29) is 0 Å². The number of benzene rings is 2. The molecule has 34 heavy (non-hydrogen) atoms. The van der Waals surface area contributed by atoms with Crippen LogP contribution in [0.4, 0.5) is 0 Å². The van der Waals surface area contributed by atoms with E-state index in [2.05, 4.69) is 28.4 Å². The molecule has 0 aliphatic carbocycles. The lowest BCUT2D eigenvalue weighted by Gasteiger charge is -2.39. The maximum absolute atomic E-state index is 10.3. The maximum Gasteiger partial charge on any atom is 0.250 e. The van der Waals surface area contributed by atoms with Crippen LogP contribution in [0.1, 0.15) is 18.4 Å². The van der Waals surface area contributed by atoms with Crippen molar-refractivity contribution in [3.63, 3.8) is 0 Å². The van der Waals surface area contributed by atoms with Crippen molar-refractivity contribution in [1.29, 1.82) is 0 Å². The Kier molecular flexibility index (Phi) is 6.22. The third-order valence-corrected chi connectivity index (χ3v) is 6.73. The molecule has 1 aromatic heterocycles. The van der Waals surface area contributed by atoms with E-state index in [0.29, 0.717) is 5.75 Å². The minimum Gasteiger partial charge on any atom is -0.496 e. The summed E-state index contributed by atoms with van der Waals surface area (Å²) in [6, 6.07) is 11.7.